The molecule has 15 heavy (non-hydrogen) atoms. The molecule has 1 aliphatic heterocycles. The molecule has 0 bridgehead atoms. The number of hydrogen-bond donors (Lipinski definition) is 1. The van der Waals surface area contributed by atoms with Crippen molar-refractivity contribution in [3.05, 3.63) is 0 Å². The first-order valence-corrected chi connectivity index (χ1v) is 5.57. The minimum Gasteiger partial charge on any atom is -0.344 e. The molecule has 0 spiro atoms. The molecular formula is C11H20N2O2. The average Bonchev–Trinajstić information content (AvgIpc) is 2.16. The van der Waals surface area contributed by atoms with Gasteiger partial charge in [-0.25, -0.2) is 0 Å². The van der Waals surface area contributed by atoms with Crippen LogP contribution in [0.5, 0.6) is 0 Å². The number of piperazine rings is 1. The first-order valence-electron chi connectivity index (χ1n) is 5.57. The molecule has 0 aromatic heterocycles. The number of rotatable bonds is 4. The van der Waals surface area contributed by atoms with Gasteiger partial charge in [0.2, 0.25) is 5.91 Å². The van der Waals surface area contributed by atoms with E-state index >= 15 is 0 Å². The van der Waals surface area contributed by atoms with Gasteiger partial charge >= 0.3 is 0 Å². The van der Waals surface area contributed by atoms with E-state index in [0.717, 1.165) is 19.3 Å². The van der Waals surface area contributed by atoms with Crippen molar-refractivity contribution in [2.24, 2.45) is 0 Å². The van der Waals surface area contributed by atoms with Crippen LogP contribution < -0.4 is 5.32 Å². The number of nitrogens with one attached hydrogen (secondary N) is 1. The van der Waals surface area contributed by atoms with Crippen molar-refractivity contribution in [1.29, 1.82) is 0 Å². The standard InChI is InChI=1S/C11H20N2O2/c1-4-5-6-10-11(15)12-9(8(2)14)7-13(10)3/h9-10H,4-7H2,1-3H3,(H,12,15)/t9-,10-/m0/s1. The summed E-state index contributed by atoms with van der Waals surface area (Å²) >= 11 is 0. The Morgan fingerprint density at radius 2 is 2.27 bits per heavy atom. The number of amides is 1. The molecule has 1 heterocycles. The van der Waals surface area contributed by atoms with Gasteiger partial charge in [-0.1, -0.05) is 19.8 Å². The number of carbonyl (C=O) groups is 2. The molecule has 2 atom stereocenters. The van der Waals surface area contributed by atoms with Crippen molar-refractivity contribution >= 4 is 11.7 Å². The fourth-order valence-corrected chi connectivity index (χ4v) is 1.91. The lowest BCUT2D eigenvalue weighted by Gasteiger charge is -2.36. The van der Waals surface area contributed by atoms with Gasteiger partial charge in [0.05, 0.1) is 12.1 Å². The van der Waals surface area contributed by atoms with E-state index in [1.807, 2.05) is 11.9 Å². The smallest absolute Gasteiger partial charge is 0.237 e. The lowest BCUT2D eigenvalue weighted by Crippen LogP contribution is -2.60. The molecule has 1 saturated heterocycles. The molecule has 1 N–H and O–H groups in total. The van der Waals surface area contributed by atoms with Gasteiger partial charge in [0.1, 0.15) is 0 Å². The van der Waals surface area contributed by atoms with Gasteiger partial charge in [-0.15, -0.1) is 0 Å². The summed E-state index contributed by atoms with van der Waals surface area (Å²) in [7, 11) is 1.91. The van der Waals surface area contributed by atoms with E-state index in [4.69, 9.17) is 0 Å². The van der Waals surface area contributed by atoms with Crippen LogP contribution in [0.1, 0.15) is 33.1 Å². The summed E-state index contributed by atoms with van der Waals surface area (Å²) in [6.45, 7) is 4.26. The molecule has 0 unspecified atom stereocenters. The van der Waals surface area contributed by atoms with Gasteiger partial charge in [-0.2, -0.15) is 0 Å². The molecule has 1 rings (SSSR count). The van der Waals surface area contributed by atoms with Crippen molar-refractivity contribution < 1.29 is 9.59 Å². The monoisotopic (exact) mass is 212 g/mol. The van der Waals surface area contributed by atoms with Crippen LogP contribution in [0.3, 0.4) is 0 Å². The summed E-state index contributed by atoms with van der Waals surface area (Å²) in [5, 5.41) is 2.78. The van der Waals surface area contributed by atoms with E-state index in [0.29, 0.717) is 6.54 Å². The molecule has 0 aromatic carbocycles. The highest BCUT2D eigenvalue weighted by Gasteiger charge is 2.33. The summed E-state index contributed by atoms with van der Waals surface area (Å²) in [6.07, 6.45) is 3.02. The van der Waals surface area contributed by atoms with Gasteiger partial charge < -0.3 is 5.32 Å². The van der Waals surface area contributed by atoms with E-state index in [2.05, 4.69) is 12.2 Å². The highest BCUT2D eigenvalue weighted by Crippen LogP contribution is 2.12. The zero-order valence-corrected chi connectivity index (χ0v) is 9.75. The second-order valence-corrected chi connectivity index (χ2v) is 4.27. The number of carbonyl (C=O) groups excluding carboxylic acids is 2. The Labute approximate surface area is 91.0 Å². The second-order valence-electron chi connectivity index (χ2n) is 4.27. The van der Waals surface area contributed by atoms with Crippen molar-refractivity contribution in [1.82, 2.24) is 10.2 Å². The van der Waals surface area contributed by atoms with E-state index in [9.17, 15) is 9.59 Å². The summed E-state index contributed by atoms with van der Waals surface area (Å²) in [5.74, 6) is 0.0292. The largest absolute Gasteiger partial charge is 0.344 e. The third kappa shape index (κ3) is 3.02. The van der Waals surface area contributed by atoms with Gasteiger partial charge in [0, 0.05) is 6.54 Å². The van der Waals surface area contributed by atoms with E-state index in [1.54, 1.807) is 0 Å². The number of hydrogen-bond acceptors (Lipinski definition) is 3. The normalized spacial score (nSPS) is 27.5. The van der Waals surface area contributed by atoms with E-state index in [1.165, 1.54) is 6.92 Å². The number of Topliss-reactive ketones (excluding diaryl/α,β-unsaturated/α-hetero) is 1. The molecule has 0 radical (unpaired) electrons. The maximum absolute atomic E-state index is 11.7. The Hall–Kier alpha value is -0.900. The zero-order valence-electron chi connectivity index (χ0n) is 9.75. The molecule has 86 valence electrons. The van der Waals surface area contributed by atoms with Crippen molar-refractivity contribution in [3.63, 3.8) is 0 Å². The van der Waals surface area contributed by atoms with Gasteiger partial charge in [0.25, 0.3) is 0 Å². The second kappa shape index (κ2) is 5.26. The summed E-state index contributed by atoms with van der Waals surface area (Å²) in [6, 6.07) is -0.374. The summed E-state index contributed by atoms with van der Waals surface area (Å²) in [5.41, 5.74) is 0. The van der Waals surface area contributed by atoms with Crippen LogP contribution in [-0.4, -0.2) is 42.3 Å². The molecule has 4 nitrogen and oxygen atoms in total. The Morgan fingerprint density at radius 3 is 2.73 bits per heavy atom. The SMILES string of the molecule is CCCC[C@H]1C(=O)N[C@H](C(C)=O)CN1C. The Bertz CT molecular complexity index is 253. The average molecular weight is 212 g/mol. The highest BCUT2D eigenvalue weighted by molar-refractivity contribution is 5.91. The Balaban J connectivity index is 2.56. The lowest BCUT2D eigenvalue weighted by molar-refractivity contribution is -0.135. The van der Waals surface area contributed by atoms with Crippen LogP contribution in [-0.2, 0) is 9.59 Å². The van der Waals surface area contributed by atoms with Crippen LogP contribution in [0.4, 0.5) is 0 Å². The van der Waals surface area contributed by atoms with Crippen LogP contribution in [0.25, 0.3) is 0 Å². The molecule has 1 amide bonds. The van der Waals surface area contributed by atoms with Crippen molar-refractivity contribution in [2.75, 3.05) is 13.6 Å². The molecule has 4 heteroatoms. The third-order valence-electron chi connectivity index (χ3n) is 2.94. The quantitative estimate of drug-likeness (QED) is 0.741. The molecule has 0 aliphatic carbocycles. The molecule has 0 saturated carbocycles. The van der Waals surface area contributed by atoms with Crippen LogP contribution >= 0.6 is 0 Å². The highest BCUT2D eigenvalue weighted by atomic mass is 16.2. The first-order chi connectivity index (χ1) is 7.06. The van der Waals surface area contributed by atoms with Gasteiger partial charge in [-0.3, -0.25) is 14.5 Å². The fourth-order valence-electron chi connectivity index (χ4n) is 1.91. The number of unbranched alkanes of at least 4 members (excludes halogenated alkanes) is 1. The third-order valence-corrected chi connectivity index (χ3v) is 2.94. The Kier molecular flexibility index (Phi) is 4.27. The maximum Gasteiger partial charge on any atom is 0.237 e. The van der Waals surface area contributed by atoms with Gasteiger partial charge in [0.15, 0.2) is 5.78 Å². The van der Waals surface area contributed by atoms with Gasteiger partial charge in [-0.05, 0) is 20.4 Å². The molecule has 1 aliphatic rings. The summed E-state index contributed by atoms with van der Waals surface area (Å²) in [4.78, 5) is 24.9. The van der Waals surface area contributed by atoms with Crippen molar-refractivity contribution in [3.8, 4) is 0 Å². The number of likely N-dealkylation sites (N-methyl/N-ethyl adjacent to an activating group) is 1. The predicted molar refractivity (Wildman–Crippen MR) is 58.6 cm³/mol. The molecule has 0 aromatic rings. The minimum atomic E-state index is -0.319. The van der Waals surface area contributed by atoms with Crippen molar-refractivity contribution in [2.45, 2.75) is 45.2 Å². The van der Waals surface area contributed by atoms with E-state index in [-0.39, 0.29) is 23.8 Å². The van der Waals surface area contributed by atoms with Crippen LogP contribution in [0, 0.1) is 0 Å². The van der Waals surface area contributed by atoms with Crippen LogP contribution in [0.15, 0.2) is 0 Å². The molecular weight excluding hydrogens is 192 g/mol. The minimum absolute atomic E-state index is 0.00241. The number of nitrogens with zero attached hydrogens (tertiary/aromatic N) is 1. The Morgan fingerprint density at radius 1 is 1.60 bits per heavy atom. The first kappa shape index (κ1) is 12.2. The zero-order chi connectivity index (χ0) is 11.4. The lowest BCUT2D eigenvalue weighted by atomic mass is 10.0. The predicted octanol–water partition coefficient (Wildman–Crippen LogP) is 0.564. The van der Waals surface area contributed by atoms with Crippen LogP contribution in [0.2, 0.25) is 0 Å². The summed E-state index contributed by atoms with van der Waals surface area (Å²) < 4.78 is 0. The maximum atomic E-state index is 11.7. The molecule has 1 fully saturated rings. The van der Waals surface area contributed by atoms with E-state index < -0.39 is 0 Å². The number of ketones is 1. The topological polar surface area (TPSA) is 49.4 Å². The fraction of sp³-hybridized carbons (Fsp3) is 0.818.